The van der Waals surface area contributed by atoms with Gasteiger partial charge >= 0.3 is 0 Å². The molecule has 2 aromatic rings. The van der Waals surface area contributed by atoms with Crippen LogP contribution in [-0.2, 0) is 0 Å². The van der Waals surface area contributed by atoms with Crippen LogP contribution in [0, 0.1) is 23.0 Å². The Morgan fingerprint density at radius 3 is 2.59 bits per heavy atom. The van der Waals surface area contributed by atoms with Crippen LogP contribution in [0.25, 0.3) is 11.3 Å². The average Bonchev–Trinajstić information content (AvgIpc) is 2.32. The zero-order chi connectivity index (χ0) is 12.4. The van der Waals surface area contributed by atoms with Crippen LogP contribution in [0.15, 0.2) is 30.3 Å². The van der Waals surface area contributed by atoms with Gasteiger partial charge in [0.05, 0.1) is 11.3 Å². The molecule has 1 aromatic heterocycles. The van der Waals surface area contributed by atoms with Gasteiger partial charge < -0.3 is 5.73 Å². The molecule has 2 rings (SSSR count). The van der Waals surface area contributed by atoms with Gasteiger partial charge in [-0.3, -0.25) is 0 Å². The Morgan fingerprint density at radius 1 is 1.18 bits per heavy atom. The third-order valence-corrected chi connectivity index (χ3v) is 2.27. The van der Waals surface area contributed by atoms with Gasteiger partial charge in [-0.05, 0) is 24.3 Å². The summed E-state index contributed by atoms with van der Waals surface area (Å²) in [5.41, 5.74) is 5.92. The molecule has 3 nitrogen and oxygen atoms in total. The molecule has 2 N–H and O–H groups in total. The van der Waals surface area contributed by atoms with Gasteiger partial charge in [0.2, 0.25) is 0 Å². The Kier molecular flexibility index (Phi) is 2.71. The van der Waals surface area contributed by atoms with Crippen LogP contribution in [-0.4, -0.2) is 4.98 Å². The number of hydrogen-bond donors (Lipinski definition) is 1. The van der Waals surface area contributed by atoms with E-state index in [1.54, 1.807) is 0 Å². The summed E-state index contributed by atoms with van der Waals surface area (Å²) < 4.78 is 26.5. The SMILES string of the molecule is N#Cc1ccc(-c2cccc(F)c2F)nc1N. The van der Waals surface area contributed by atoms with E-state index in [-0.39, 0.29) is 22.6 Å². The molecule has 0 aliphatic rings. The average molecular weight is 231 g/mol. The maximum Gasteiger partial charge on any atom is 0.168 e. The number of nitrogens with two attached hydrogens (primary N) is 1. The first-order valence-electron chi connectivity index (χ1n) is 4.74. The smallest absolute Gasteiger partial charge is 0.168 e. The van der Waals surface area contributed by atoms with Crippen LogP contribution in [0.2, 0.25) is 0 Å². The second kappa shape index (κ2) is 4.18. The van der Waals surface area contributed by atoms with Crippen LogP contribution in [0.5, 0.6) is 0 Å². The van der Waals surface area contributed by atoms with Gasteiger partial charge in [-0.1, -0.05) is 6.07 Å². The summed E-state index contributed by atoms with van der Waals surface area (Å²) in [5, 5.41) is 8.67. The Hall–Kier alpha value is -2.48. The molecule has 5 heteroatoms. The number of anilines is 1. The lowest BCUT2D eigenvalue weighted by Gasteiger charge is -2.04. The molecule has 0 radical (unpaired) electrons. The molecule has 17 heavy (non-hydrogen) atoms. The molecule has 0 bridgehead atoms. The minimum Gasteiger partial charge on any atom is -0.383 e. The van der Waals surface area contributed by atoms with Crippen molar-refractivity contribution in [2.45, 2.75) is 0 Å². The predicted molar refractivity (Wildman–Crippen MR) is 58.7 cm³/mol. The van der Waals surface area contributed by atoms with Gasteiger partial charge in [0, 0.05) is 5.56 Å². The summed E-state index contributed by atoms with van der Waals surface area (Å²) in [4.78, 5) is 3.86. The normalized spacial score (nSPS) is 9.94. The lowest BCUT2D eigenvalue weighted by Crippen LogP contribution is -1.98. The van der Waals surface area contributed by atoms with E-state index < -0.39 is 11.6 Å². The van der Waals surface area contributed by atoms with Crippen molar-refractivity contribution in [2.75, 3.05) is 5.73 Å². The Labute approximate surface area is 96.1 Å². The lowest BCUT2D eigenvalue weighted by molar-refractivity contribution is 0.511. The Bertz CT molecular complexity index is 618. The highest BCUT2D eigenvalue weighted by Gasteiger charge is 2.11. The largest absolute Gasteiger partial charge is 0.383 e. The molecule has 0 amide bonds. The number of benzene rings is 1. The van der Waals surface area contributed by atoms with E-state index in [1.165, 1.54) is 24.3 Å². The third-order valence-electron chi connectivity index (χ3n) is 2.27. The molecule has 0 aliphatic heterocycles. The lowest BCUT2D eigenvalue weighted by atomic mass is 10.1. The van der Waals surface area contributed by atoms with Crippen LogP contribution < -0.4 is 5.73 Å². The summed E-state index contributed by atoms with van der Waals surface area (Å²) in [6.07, 6.45) is 0. The number of aromatic nitrogens is 1. The molecule has 0 aliphatic carbocycles. The van der Waals surface area contributed by atoms with Crippen LogP contribution >= 0.6 is 0 Å². The third kappa shape index (κ3) is 1.93. The standard InChI is InChI=1S/C12H7F2N3/c13-9-3-1-2-8(11(9)14)10-5-4-7(6-15)12(16)17-10/h1-5H,(H2,16,17). The molecule has 1 heterocycles. The van der Waals surface area contributed by atoms with E-state index in [1.807, 2.05) is 6.07 Å². The summed E-state index contributed by atoms with van der Waals surface area (Å²) >= 11 is 0. The molecule has 0 spiro atoms. The minimum atomic E-state index is -0.982. The first kappa shape index (κ1) is 11.0. The quantitative estimate of drug-likeness (QED) is 0.820. The maximum atomic E-state index is 13.5. The molecule has 0 saturated carbocycles. The van der Waals surface area contributed by atoms with Crippen molar-refractivity contribution in [3.05, 3.63) is 47.5 Å². The van der Waals surface area contributed by atoms with Crippen molar-refractivity contribution < 1.29 is 8.78 Å². The molecule has 1 aromatic carbocycles. The number of nitrogen functional groups attached to an aromatic ring is 1. The number of rotatable bonds is 1. The van der Waals surface area contributed by atoms with E-state index >= 15 is 0 Å². The zero-order valence-electron chi connectivity index (χ0n) is 8.61. The Balaban J connectivity index is 2.59. The maximum absolute atomic E-state index is 13.5. The van der Waals surface area contributed by atoms with Gasteiger partial charge in [0.15, 0.2) is 11.6 Å². The van der Waals surface area contributed by atoms with Gasteiger partial charge in [-0.25, -0.2) is 13.8 Å². The number of nitriles is 1. The van der Waals surface area contributed by atoms with Crippen molar-refractivity contribution >= 4 is 5.82 Å². The molecule has 84 valence electrons. The van der Waals surface area contributed by atoms with Gasteiger partial charge in [-0.2, -0.15) is 5.26 Å². The number of nitrogens with zero attached hydrogens (tertiary/aromatic N) is 2. The van der Waals surface area contributed by atoms with Crippen molar-refractivity contribution in [1.29, 1.82) is 5.26 Å². The first-order valence-corrected chi connectivity index (χ1v) is 4.74. The summed E-state index contributed by atoms with van der Waals surface area (Å²) in [7, 11) is 0. The fraction of sp³-hybridized carbons (Fsp3) is 0. The van der Waals surface area contributed by atoms with Gasteiger partial charge in [0.1, 0.15) is 11.9 Å². The van der Waals surface area contributed by atoms with E-state index in [2.05, 4.69) is 4.98 Å². The molecule has 0 unspecified atom stereocenters. The molecule has 0 atom stereocenters. The topological polar surface area (TPSA) is 62.7 Å². The molecular formula is C12H7F2N3. The summed E-state index contributed by atoms with van der Waals surface area (Å²) in [5.74, 6) is -1.94. The zero-order valence-corrected chi connectivity index (χ0v) is 8.61. The number of pyridine rings is 1. The fourth-order valence-electron chi connectivity index (χ4n) is 1.42. The van der Waals surface area contributed by atoms with Crippen molar-refractivity contribution in [3.8, 4) is 17.3 Å². The van der Waals surface area contributed by atoms with E-state index in [9.17, 15) is 8.78 Å². The molecule has 0 fully saturated rings. The molecular weight excluding hydrogens is 224 g/mol. The monoisotopic (exact) mass is 231 g/mol. The van der Waals surface area contributed by atoms with Crippen molar-refractivity contribution in [1.82, 2.24) is 4.98 Å². The fourth-order valence-corrected chi connectivity index (χ4v) is 1.42. The number of halogens is 2. The van der Waals surface area contributed by atoms with Gasteiger partial charge in [0.25, 0.3) is 0 Å². The second-order valence-electron chi connectivity index (χ2n) is 3.34. The minimum absolute atomic E-state index is 0.00587. The van der Waals surface area contributed by atoms with E-state index in [0.717, 1.165) is 6.07 Å². The molecule has 0 saturated heterocycles. The van der Waals surface area contributed by atoms with Crippen molar-refractivity contribution in [2.24, 2.45) is 0 Å². The predicted octanol–water partition coefficient (Wildman–Crippen LogP) is 2.48. The summed E-state index contributed by atoms with van der Waals surface area (Å²) in [6.45, 7) is 0. The highest BCUT2D eigenvalue weighted by Crippen LogP contribution is 2.24. The van der Waals surface area contributed by atoms with E-state index in [4.69, 9.17) is 11.0 Å². The Morgan fingerprint density at radius 2 is 1.94 bits per heavy atom. The number of hydrogen-bond acceptors (Lipinski definition) is 3. The van der Waals surface area contributed by atoms with E-state index in [0.29, 0.717) is 0 Å². The van der Waals surface area contributed by atoms with Crippen LogP contribution in [0.1, 0.15) is 5.56 Å². The van der Waals surface area contributed by atoms with Crippen LogP contribution in [0.3, 0.4) is 0 Å². The summed E-state index contributed by atoms with van der Waals surface area (Å²) in [6, 6.07) is 8.48. The van der Waals surface area contributed by atoms with Crippen LogP contribution in [0.4, 0.5) is 14.6 Å². The highest BCUT2D eigenvalue weighted by molar-refractivity contribution is 5.64. The van der Waals surface area contributed by atoms with Crippen molar-refractivity contribution in [3.63, 3.8) is 0 Å². The van der Waals surface area contributed by atoms with Gasteiger partial charge in [-0.15, -0.1) is 0 Å². The highest BCUT2D eigenvalue weighted by atomic mass is 19.2. The first-order chi connectivity index (χ1) is 8.13. The second-order valence-corrected chi connectivity index (χ2v) is 3.34.